The van der Waals surface area contributed by atoms with Crippen molar-refractivity contribution in [2.24, 2.45) is 0 Å². The second kappa shape index (κ2) is 5.86. The summed E-state index contributed by atoms with van der Waals surface area (Å²) in [5.41, 5.74) is 4.41. The SMILES string of the molecule is CC/C=C1\C=CC(c2ccc(CC)cc2)CC1. The second-order valence-corrected chi connectivity index (χ2v) is 4.79. The molecule has 0 spiro atoms. The van der Waals surface area contributed by atoms with Crippen molar-refractivity contribution in [3.05, 3.63) is 59.2 Å². The number of aryl methyl sites for hydroxylation is 1. The lowest BCUT2D eigenvalue weighted by Gasteiger charge is -2.19. The van der Waals surface area contributed by atoms with Crippen molar-refractivity contribution in [2.75, 3.05) is 0 Å². The molecule has 1 aliphatic rings. The van der Waals surface area contributed by atoms with Gasteiger partial charge in [-0.1, -0.05) is 61.9 Å². The molecule has 0 saturated carbocycles. The molecule has 0 aromatic heterocycles. The zero-order valence-corrected chi connectivity index (χ0v) is 10.9. The van der Waals surface area contributed by atoms with E-state index in [0.717, 1.165) is 12.8 Å². The highest BCUT2D eigenvalue weighted by Crippen LogP contribution is 2.30. The van der Waals surface area contributed by atoms with Crippen LogP contribution in [0.2, 0.25) is 0 Å². The first-order valence-corrected chi connectivity index (χ1v) is 6.79. The van der Waals surface area contributed by atoms with E-state index in [-0.39, 0.29) is 0 Å². The average Bonchev–Trinajstić information content (AvgIpc) is 2.40. The summed E-state index contributed by atoms with van der Waals surface area (Å²) in [5.74, 6) is 0.620. The molecule has 1 aliphatic carbocycles. The van der Waals surface area contributed by atoms with Crippen LogP contribution >= 0.6 is 0 Å². The highest BCUT2D eigenvalue weighted by Gasteiger charge is 2.12. The first-order chi connectivity index (χ1) is 8.33. The summed E-state index contributed by atoms with van der Waals surface area (Å²) in [6.07, 6.45) is 11.8. The van der Waals surface area contributed by atoms with E-state index in [2.05, 4.69) is 56.3 Å². The van der Waals surface area contributed by atoms with Gasteiger partial charge in [-0.3, -0.25) is 0 Å². The first-order valence-electron chi connectivity index (χ1n) is 6.79. The van der Waals surface area contributed by atoms with E-state index in [0.29, 0.717) is 5.92 Å². The van der Waals surface area contributed by atoms with Crippen molar-refractivity contribution in [2.45, 2.75) is 45.4 Å². The lowest BCUT2D eigenvalue weighted by molar-refractivity contribution is 0.714. The summed E-state index contributed by atoms with van der Waals surface area (Å²) in [4.78, 5) is 0. The van der Waals surface area contributed by atoms with E-state index in [4.69, 9.17) is 0 Å². The van der Waals surface area contributed by atoms with Crippen LogP contribution in [-0.4, -0.2) is 0 Å². The molecule has 0 heteroatoms. The molecule has 0 fully saturated rings. The van der Waals surface area contributed by atoms with Crippen LogP contribution < -0.4 is 0 Å². The van der Waals surface area contributed by atoms with Crippen LogP contribution in [0.25, 0.3) is 0 Å². The van der Waals surface area contributed by atoms with Gasteiger partial charge in [0.1, 0.15) is 0 Å². The fourth-order valence-corrected chi connectivity index (χ4v) is 2.45. The van der Waals surface area contributed by atoms with E-state index in [1.807, 2.05) is 0 Å². The molecular weight excluding hydrogens is 204 g/mol. The third-order valence-corrected chi connectivity index (χ3v) is 3.57. The number of allylic oxidation sites excluding steroid dienone is 4. The molecule has 0 bridgehead atoms. The molecule has 1 atom stereocenters. The molecule has 0 heterocycles. The Kier molecular flexibility index (Phi) is 4.19. The molecular formula is C17H22. The average molecular weight is 226 g/mol. The van der Waals surface area contributed by atoms with Gasteiger partial charge in [-0.05, 0) is 36.8 Å². The molecule has 0 radical (unpaired) electrons. The van der Waals surface area contributed by atoms with Crippen LogP contribution in [0.5, 0.6) is 0 Å². The molecule has 0 nitrogen and oxygen atoms in total. The van der Waals surface area contributed by atoms with Gasteiger partial charge in [-0.25, -0.2) is 0 Å². The van der Waals surface area contributed by atoms with Crippen molar-refractivity contribution < 1.29 is 0 Å². The summed E-state index contributed by atoms with van der Waals surface area (Å²) < 4.78 is 0. The molecule has 0 N–H and O–H groups in total. The minimum absolute atomic E-state index is 0.620. The van der Waals surface area contributed by atoms with Gasteiger partial charge < -0.3 is 0 Å². The lowest BCUT2D eigenvalue weighted by Crippen LogP contribution is -2.01. The summed E-state index contributed by atoms with van der Waals surface area (Å²) in [5, 5.41) is 0. The van der Waals surface area contributed by atoms with E-state index in [9.17, 15) is 0 Å². The van der Waals surface area contributed by atoms with E-state index in [1.54, 1.807) is 0 Å². The van der Waals surface area contributed by atoms with Gasteiger partial charge in [0.05, 0.1) is 0 Å². The number of rotatable bonds is 3. The smallest absolute Gasteiger partial charge is 0.00243 e. The molecule has 2 rings (SSSR count). The Morgan fingerprint density at radius 1 is 1.18 bits per heavy atom. The van der Waals surface area contributed by atoms with Crippen LogP contribution in [0, 0.1) is 0 Å². The third kappa shape index (κ3) is 3.09. The van der Waals surface area contributed by atoms with Crippen LogP contribution in [-0.2, 0) is 6.42 Å². The zero-order chi connectivity index (χ0) is 12.1. The third-order valence-electron chi connectivity index (χ3n) is 3.57. The highest BCUT2D eigenvalue weighted by atomic mass is 14.2. The molecule has 90 valence electrons. The molecule has 0 aliphatic heterocycles. The summed E-state index contributed by atoms with van der Waals surface area (Å²) in [7, 11) is 0. The molecule has 17 heavy (non-hydrogen) atoms. The molecule has 0 saturated heterocycles. The van der Waals surface area contributed by atoms with Gasteiger partial charge in [-0.2, -0.15) is 0 Å². The van der Waals surface area contributed by atoms with Crippen LogP contribution in [0.1, 0.15) is 50.2 Å². The Morgan fingerprint density at radius 3 is 2.47 bits per heavy atom. The van der Waals surface area contributed by atoms with Crippen LogP contribution in [0.15, 0.2) is 48.1 Å². The van der Waals surface area contributed by atoms with Crippen molar-refractivity contribution in [1.29, 1.82) is 0 Å². The Bertz CT molecular complexity index is 406. The minimum Gasteiger partial charge on any atom is -0.0816 e. The molecule has 1 unspecified atom stereocenters. The fraction of sp³-hybridized carbons (Fsp3) is 0.412. The highest BCUT2D eigenvalue weighted by molar-refractivity contribution is 5.33. The quantitative estimate of drug-likeness (QED) is 0.679. The number of benzene rings is 1. The maximum Gasteiger partial charge on any atom is 0.00243 e. The molecule has 1 aromatic carbocycles. The minimum atomic E-state index is 0.620. The Hall–Kier alpha value is -1.30. The molecule has 1 aromatic rings. The van der Waals surface area contributed by atoms with E-state index >= 15 is 0 Å². The van der Waals surface area contributed by atoms with Gasteiger partial charge in [0.2, 0.25) is 0 Å². The summed E-state index contributed by atoms with van der Waals surface area (Å²) >= 11 is 0. The van der Waals surface area contributed by atoms with Gasteiger partial charge in [0.25, 0.3) is 0 Å². The van der Waals surface area contributed by atoms with Gasteiger partial charge in [-0.15, -0.1) is 0 Å². The largest absolute Gasteiger partial charge is 0.0816 e. The first kappa shape index (κ1) is 12.2. The van der Waals surface area contributed by atoms with E-state index in [1.165, 1.54) is 29.5 Å². The Balaban J connectivity index is 2.09. The lowest BCUT2D eigenvalue weighted by atomic mass is 9.86. The number of hydrogen-bond donors (Lipinski definition) is 0. The van der Waals surface area contributed by atoms with E-state index < -0.39 is 0 Å². The topological polar surface area (TPSA) is 0 Å². The maximum atomic E-state index is 2.37. The molecule has 0 amide bonds. The van der Waals surface area contributed by atoms with Gasteiger partial charge in [0.15, 0.2) is 0 Å². The predicted molar refractivity (Wildman–Crippen MR) is 75.3 cm³/mol. The Morgan fingerprint density at radius 2 is 1.94 bits per heavy atom. The second-order valence-electron chi connectivity index (χ2n) is 4.79. The van der Waals surface area contributed by atoms with Crippen LogP contribution in [0.3, 0.4) is 0 Å². The van der Waals surface area contributed by atoms with Crippen molar-refractivity contribution in [1.82, 2.24) is 0 Å². The fourth-order valence-electron chi connectivity index (χ4n) is 2.45. The van der Waals surface area contributed by atoms with Crippen molar-refractivity contribution in [3.63, 3.8) is 0 Å². The monoisotopic (exact) mass is 226 g/mol. The normalized spacial score (nSPS) is 22.0. The van der Waals surface area contributed by atoms with Crippen LogP contribution in [0.4, 0.5) is 0 Å². The summed E-state index contributed by atoms with van der Waals surface area (Å²) in [6.45, 7) is 4.41. The number of hydrogen-bond acceptors (Lipinski definition) is 0. The van der Waals surface area contributed by atoms with Crippen molar-refractivity contribution in [3.8, 4) is 0 Å². The van der Waals surface area contributed by atoms with Gasteiger partial charge >= 0.3 is 0 Å². The maximum absolute atomic E-state index is 2.37. The summed E-state index contributed by atoms with van der Waals surface area (Å²) in [6, 6.07) is 9.12. The standard InChI is InChI=1S/C17H22/c1-3-5-15-8-12-17(13-9-15)16-10-6-14(4-2)7-11-16/h5-8,10-12,17H,3-4,9,13H2,1-2H3/b15-5+. The van der Waals surface area contributed by atoms with Gasteiger partial charge in [0, 0.05) is 5.92 Å². The predicted octanol–water partition coefficient (Wildman–Crippen LogP) is 5.02. The van der Waals surface area contributed by atoms with Crippen molar-refractivity contribution >= 4 is 0 Å². The Labute approximate surface area is 105 Å². The zero-order valence-electron chi connectivity index (χ0n) is 10.9.